The highest BCUT2D eigenvalue weighted by molar-refractivity contribution is 4.95. The van der Waals surface area contributed by atoms with E-state index in [9.17, 15) is 4.39 Å². The van der Waals surface area contributed by atoms with Crippen LogP contribution >= 0.6 is 0 Å². The smallest absolute Gasteiger partial charge is 0.0987 e. The first kappa shape index (κ1) is 12.4. The molecule has 0 aromatic rings. The van der Waals surface area contributed by atoms with E-state index in [0.29, 0.717) is 5.92 Å². The maximum Gasteiger partial charge on any atom is 0.0987 e. The second-order valence-electron chi connectivity index (χ2n) is 2.95. The Morgan fingerprint density at radius 3 is 1.70 bits per heavy atom. The van der Waals surface area contributed by atoms with Crippen LogP contribution in [0.15, 0.2) is 11.9 Å². The first-order valence-electron chi connectivity index (χ1n) is 3.41. The average Bonchev–Trinajstić information content (AvgIpc) is 1.63. The molecule has 0 amide bonds. The van der Waals surface area contributed by atoms with Crippen molar-refractivity contribution < 1.29 is 4.39 Å². The molecule has 0 fully saturated rings. The van der Waals surface area contributed by atoms with Crippen LogP contribution in [0, 0.1) is 11.8 Å². The van der Waals surface area contributed by atoms with Gasteiger partial charge in [0.1, 0.15) is 0 Å². The van der Waals surface area contributed by atoms with Crippen molar-refractivity contribution in [1.82, 2.24) is 0 Å². The van der Waals surface area contributed by atoms with Gasteiger partial charge in [0, 0.05) is 5.92 Å². The van der Waals surface area contributed by atoms with Gasteiger partial charge in [0.25, 0.3) is 0 Å². The summed E-state index contributed by atoms with van der Waals surface area (Å²) in [6.45, 7) is 7.66. The molecule has 0 atom stereocenters. The third kappa shape index (κ3) is 5.80. The van der Waals surface area contributed by atoms with Crippen molar-refractivity contribution in [2.45, 2.75) is 35.1 Å². The van der Waals surface area contributed by atoms with Gasteiger partial charge < -0.3 is 0 Å². The van der Waals surface area contributed by atoms with Gasteiger partial charge >= 0.3 is 0 Å². The van der Waals surface area contributed by atoms with Crippen molar-refractivity contribution in [2.24, 2.45) is 11.8 Å². The monoisotopic (exact) mass is 146 g/mol. The van der Waals surface area contributed by atoms with E-state index in [1.807, 2.05) is 27.7 Å². The number of allylic oxidation sites excluding steroid dienone is 2. The molecule has 0 N–H and O–H groups in total. The summed E-state index contributed by atoms with van der Waals surface area (Å²) >= 11 is 0. The van der Waals surface area contributed by atoms with Gasteiger partial charge in [0.05, 0.1) is 5.83 Å². The maximum atomic E-state index is 12.6. The van der Waals surface area contributed by atoms with E-state index in [1.54, 1.807) is 6.08 Å². The highest BCUT2D eigenvalue weighted by Gasteiger charge is 2.00. The van der Waals surface area contributed by atoms with Crippen molar-refractivity contribution >= 4 is 0 Å². The number of halogens is 1. The van der Waals surface area contributed by atoms with Gasteiger partial charge in [-0.2, -0.15) is 0 Å². The molecule has 0 saturated carbocycles. The number of hydrogen-bond donors (Lipinski definition) is 0. The number of hydrogen-bond acceptors (Lipinski definition) is 0. The normalized spacial score (nSPS) is 12.1. The van der Waals surface area contributed by atoms with E-state index in [-0.39, 0.29) is 19.2 Å². The van der Waals surface area contributed by atoms with Crippen LogP contribution in [-0.4, -0.2) is 0 Å². The summed E-state index contributed by atoms with van der Waals surface area (Å²) < 4.78 is 12.6. The van der Waals surface area contributed by atoms with Crippen LogP contribution in [0.1, 0.15) is 35.1 Å². The highest BCUT2D eigenvalue weighted by Crippen LogP contribution is 2.12. The fourth-order valence-corrected chi connectivity index (χ4v) is 0.511. The molecule has 0 aromatic carbocycles. The molecule has 0 bridgehead atoms. The quantitative estimate of drug-likeness (QED) is 0.556. The molecule has 0 radical (unpaired) electrons. The predicted octanol–water partition coefficient (Wildman–Crippen LogP) is 3.79. The van der Waals surface area contributed by atoms with Crippen LogP contribution in [0.3, 0.4) is 0 Å². The van der Waals surface area contributed by atoms with Crippen molar-refractivity contribution in [3.05, 3.63) is 11.9 Å². The van der Waals surface area contributed by atoms with E-state index < -0.39 is 0 Å². The zero-order chi connectivity index (χ0) is 7.44. The third-order valence-electron chi connectivity index (χ3n) is 1.04. The van der Waals surface area contributed by atoms with E-state index >= 15 is 0 Å². The Hall–Kier alpha value is -0.330. The average molecular weight is 146 g/mol. The van der Waals surface area contributed by atoms with Crippen LogP contribution in [0.2, 0.25) is 0 Å². The Balaban J connectivity index is 0. The zero-order valence-electron chi connectivity index (χ0n) is 6.61. The van der Waals surface area contributed by atoms with E-state index in [0.717, 1.165) is 0 Å². The lowest BCUT2D eigenvalue weighted by molar-refractivity contribution is 0.508. The molecule has 0 spiro atoms. The topological polar surface area (TPSA) is 0 Å². The molecule has 10 heavy (non-hydrogen) atoms. The van der Waals surface area contributed by atoms with Crippen LogP contribution in [0.4, 0.5) is 4.39 Å². The lowest BCUT2D eigenvalue weighted by atomic mass is 10.1. The second kappa shape index (κ2) is 5.45. The predicted molar refractivity (Wildman–Crippen MR) is 45.6 cm³/mol. The molecule has 62 valence electrons. The fourth-order valence-electron chi connectivity index (χ4n) is 0.511. The van der Waals surface area contributed by atoms with Crippen molar-refractivity contribution in [1.29, 1.82) is 0 Å². The van der Waals surface area contributed by atoms with Crippen LogP contribution < -0.4 is 0 Å². The minimum absolute atomic E-state index is 0. The van der Waals surface area contributed by atoms with Gasteiger partial charge in [-0.05, 0) is 5.92 Å². The van der Waals surface area contributed by atoms with Gasteiger partial charge in [-0.1, -0.05) is 41.2 Å². The minimum atomic E-state index is 0. The maximum absolute atomic E-state index is 12.6. The summed E-state index contributed by atoms with van der Waals surface area (Å²) in [7, 11) is 0. The first-order valence-corrected chi connectivity index (χ1v) is 3.41. The summed E-state index contributed by atoms with van der Waals surface area (Å²) in [6.07, 6.45) is 1.66. The van der Waals surface area contributed by atoms with Gasteiger partial charge in [0.2, 0.25) is 0 Å². The lowest BCUT2D eigenvalue weighted by Crippen LogP contribution is -1.89. The van der Waals surface area contributed by atoms with Crippen LogP contribution in [0.25, 0.3) is 0 Å². The van der Waals surface area contributed by atoms with Crippen molar-refractivity contribution in [3.8, 4) is 0 Å². The van der Waals surface area contributed by atoms with Crippen molar-refractivity contribution in [2.75, 3.05) is 0 Å². The van der Waals surface area contributed by atoms with Gasteiger partial charge in [-0.15, -0.1) is 0 Å². The summed E-state index contributed by atoms with van der Waals surface area (Å²) in [5, 5.41) is 0. The van der Waals surface area contributed by atoms with E-state index in [1.165, 1.54) is 0 Å². The molecule has 0 aliphatic carbocycles. The lowest BCUT2D eigenvalue weighted by Gasteiger charge is -2.01. The highest BCUT2D eigenvalue weighted by atomic mass is 19.1. The number of rotatable bonds is 2. The SMILES string of the molecule is C.CC(C)/C=C(\F)C(C)C. The zero-order valence-corrected chi connectivity index (χ0v) is 6.61. The summed E-state index contributed by atoms with van der Waals surface area (Å²) in [5.41, 5.74) is 0. The van der Waals surface area contributed by atoms with Crippen molar-refractivity contribution in [3.63, 3.8) is 0 Å². The van der Waals surface area contributed by atoms with Gasteiger partial charge in [-0.3, -0.25) is 0 Å². The summed E-state index contributed by atoms with van der Waals surface area (Å²) in [6, 6.07) is 0. The Morgan fingerprint density at radius 1 is 1.20 bits per heavy atom. The Labute approximate surface area is 64.1 Å². The molecule has 0 saturated heterocycles. The standard InChI is InChI=1S/C8H15F.CH4/c1-6(2)5-8(9)7(3)4;/h5-7H,1-4H3;1H4/b8-5-;. The molecule has 0 nitrogen and oxygen atoms in total. The second-order valence-corrected chi connectivity index (χ2v) is 2.95. The molecule has 0 aliphatic rings. The summed E-state index contributed by atoms with van der Waals surface area (Å²) in [4.78, 5) is 0. The first-order chi connectivity index (χ1) is 4.04. The molecule has 0 heterocycles. The van der Waals surface area contributed by atoms with Gasteiger partial charge in [0.15, 0.2) is 0 Å². The largest absolute Gasteiger partial charge is 0.212 e. The fraction of sp³-hybridized carbons (Fsp3) is 0.778. The van der Waals surface area contributed by atoms with Crippen LogP contribution in [0.5, 0.6) is 0 Å². The molecule has 0 aliphatic heterocycles. The summed E-state index contributed by atoms with van der Waals surface area (Å²) in [5.74, 6) is 0.379. The molecule has 1 heteroatoms. The molecule has 0 unspecified atom stereocenters. The Kier molecular flexibility index (Phi) is 6.74. The molecule has 0 aromatic heterocycles. The Bertz CT molecular complexity index is 101. The third-order valence-corrected chi connectivity index (χ3v) is 1.04. The van der Waals surface area contributed by atoms with E-state index in [4.69, 9.17) is 0 Å². The Morgan fingerprint density at radius 2 is 1.60 bits per heavy atom. The van der Waals surface area contributed by atoms with Gasteiger partial charge in [-0.25, -0.2) is 4.39 Å². The minimum Gasteiger partial charge on any atom is -0.212 e. The molecule has 0 rings (SSSR count). The van der Waals surface area contributed by atoms with E-state index in [2.05, 4.69) is 0 Å². The molecular formula is C9H19F. The molecular weight excluding hydrogens is 127 g/mol. The van der Waals surface area contributed by atoms with Crippen LogP contribution in [-0.2, 0) is 0 Å².